The first-order valence-electron chi connectivity index (χ1n) is 12.1. The number of nitrogens with zero attached hydrogens (tertiary/aromatic N) is 1. The number of hydrogen-bond donors (Lipinski definition) is 1. The third-order valence-electron chi connectivity index (χ3n) is 6.12. The van der Waals surface area contributed by atoms with Crippen LogP contribution in [0.4, 0.5) is 0 Å². The van der Waals surface area contributed by atoms with Gasteiger partial charge in [-0.25, -0.2) is 13.2 Å². The molecule has 1 fully saturated rings. The summed E-state index contributed by atoms with van der Waals surface area (Å²) in [4.78, 5) is 13.7. The molecule has 1 saturated heterocycles. The van der Waals surface area contributed by atoms with Crippen LogP contribution in [0.2, 0.25) is 0 Å². The van der Waals surface area contributed by atoms with Gasteiger partial charge in [0.1, 0.15) is 12.4 Å². The second kappa shape index (κ2) is 12.2. The van der Waals surface area contributed by atoms with Crippen LogP contribution >= 0.6 is 11.3 Å². The summed E-state index contributed by atoms with van der Waals surface area (Å²) in [5.41, 5.74) is 2.91. The Morgan fingerprint density at radius 3 is 2.41 bits per heavy atom. The number of ether oxygens (including phenoxy) is 3. The summed E-state index contributed by atoms with van der Waals surface area (Å²) in [6.45, 7) is 6.12. The third-order valence-corrected chi connectivity index (χ3v) is 9.30. The van der Waals surface area contributed by atoms with E-state index in [4.69, 9.17) is 14.2 Å². The van der Waals surface area contributed by atoms with E-state index in [1.807, 2.05) is 43.3 Å². The van der Waals surface area contributed by atoms with Crippen molar-refractivity contribution < 1.29 is 32.5 Å². The van der Waals surface area contributed by atoms with E-state index in [9.17, 15) is 18.3 Å². The fourth-order valence-electron chi connectivity index (χ4n) is 4.04. The zero-order valence-electron chi connectivity index (χ0n) is 20.9. The van der Waals surface area contributed by atoms with Gasteiger partial charge in [0.15, 0.2) is 6.10 Å². The van der Waals surface area contributed by atoms with Crippen LogP contribution in [-0.4, -0.2) is 62.8 Å². The minimum Gasteiger partial charge on any atom is -0.488 e. The highest BCUT2D eigenvalue weighted by Gasteiger charge is 2.26. The number of carbonyl (C=O) groups is 1. The summed E-state index contributed by atoms with van der Waals surface area (Å²) in [6, 6.07) is 16.4. The van der Waals surface area contributed by atoms with Crippen molar-refractivity contribution in [2.24, 2.45) is 0 Å². The number of morpholine rings is 1. The molecule has 1 atom stereocenters. The zero-order chi connectivity index (χ0) is 26.4. The molecule has 198 valence electrons. The maximum absolute atomic E-state index is 12.9. The topological polar surface area (TPSA) is 102 Å². The van der Waals surface area contributed by atoms with Crippen LogP contribution in [0.15, 0.2) is 59.5 Å². The van der Waals surface area contributed by atoms with Crippen molar-refractivity contribution in [1.82, 2.24) is 4.31 Å². The van der Waals surface area contributed by atoms with Gasteiger partial charge < -0.3 is 19.3 Å². The Balaban J connectivity index is 1.38. The Morgan fingerprint density at radius 1 is 1.11 bits per heavy atom. The van der Waals surface area contributed by atoms with Gasteiger partial charge >= 0.3 is 5.97 Å². The molecule has 2 aromatic carbocycles. The van der Waals surface area contributed by atoms with Gasteiger partial charge in [-0.3, -0.25) is 0 Å². The summed E-state index contributed by atoms with van der Waals surface area (Å²) in [7, 11) is -3.52. The summed E-state index contributed by atoms with van der Waals surface area (Å²) >= 11 is 1.61. The molecule has 1 aromatic heterocycles. The van der Waals surface area contributed by atoms with E-state index in [-0.39, 0.29) is 4.90 Å². The van der Waals surface area contributed by atoms with Gasteiger partial charge in [-0.05, 0) is 60.9 Å². The Hall–Kier alpha value is -2.76. The highest BCUT2D eigenvalue weighted by Crippen LogP contribution is 2.33. The molecule has 0 bridgehead atoms. The average molecular weight is 546 g/mol. The van der Waals surface area contributed by atoms with Crippen LogP contribution in [-0.2, 0) is 37.3 Å². The van der Waals surface area contributed by atoms with Crippen LogP contribution < -0.4 is 4.74 Å². The lowest BCUT2D eigenvalue weighted by Gasteiger charge is -2.26. The fourth-order valence-corrected chi connectivity index (χ4v) is 6.54. The molecule has 0 saturated carbocycles. The number of carboxylic acid groups (broad SMARTS) is 1. The normalized spacial score (nSPS) is 15.4. The molecule has 8 nitrogen and oxygen atoms in total. The molecule has 3 aromatic rings. The summed E-state index contributed by atoms with van der Waals surface area (Å²) in [5.74, 6) is -0.279. The molecule has 0 spiro atoms. The monoisotopic (exact) mass is 545 g/mol. The fraction of sp³-hybridized carbons (Fsp3) is 0.370. The Morgan fingerprint density at radius 2 is 1.78 bits per heavy atom. The standard InChI is InChI=1S/C27H31NO7S2/c1-3-34-24(27(29)30)17-20-4-8-22(9-5-20)35-18-26-19(2)16-25(36-26)21-6-10-23(11-7-21)37(31,32)28-12-14-33-15-13-28/h4-11,16,24H,3,12-15,17-18H2,1-2H3,(H,29,30)/t24-/m0/s1. The van der Waals surface area contributed by atoms with E-state index in [2.05, 4.69) is 6.07 Å². The Labute approximate surface area is 221 Å². The van der Waals surface area contributed by atoms with E-state index >= 15 is 0 Å². The lowest BCUT2D eigenvalue weighted by Crippen LogP contribution is -2.40. The predicted octanol–water partition coefficient (Wildman–Crippen LogP) is 4.36. The third kappa shape index (κ3) is 6.77. The van der Waals surface area contributed by atoms with Crippen molar-refractivity contribution in [3.05, 3.63) is 70.6 Å². The van der Waals surface area contributed by atoms with Gasteiger partial charge in [0.05, 0.1) is 18.1 Å². The summed E-state index contributed by atoms with van der Waals surface area (Å²) < 4.78 is 43.7. The minimum atomic E-state index is -3.52. The van der Waals surface area contributed by atoms with Crippen molar-refractivity contribution in [2.45, 2.75) is 37.9 Å². The van der Waals surface area contributed by atoms with Gasteiger partial charge in [-0.2, -0.15) is 4.31 Å². The first-order valence-corrected chi connectivity index (χ1v) is 14.4. The molecule has 0 amide bonds. The molecule has 10 heteroatoms. The molecular weight excluding hydrogens is 514 g/mol. The molecule has 1 aliphatic rings. The average Bonchev–Trinajstić information content (AvgIpc) is 3.28. The first-order chi connectivity index (χ1) is 17.8. The molecule has 1 N–H and O–H groups in total. The van der Waals surface area contributed by atoms with E-state index in [0.29, 0.717) is 51.7 Å². The van der Waals surface area contributed by atoms with Crippen molar-refractivity contribution in [3.8, 4) is 16.2 Å². The van der Waals surface area contributed by atoms with Crippen LogP contribution in [0.5, 0.6) is 5.75 Å². The van der Waals surface area contributed by atoms with Gasteiger partial charge in [0.25, 0.3) is 0 Å². The number of hydrogen-bond acceptors (Lipinski definition) is 7. The van der Waals surface area contributed by atoms with Gasteiger partial charge in [0.2, 0.25) is 10.0 Å². The van der Waals surface area contributed by atoms with Gasteiger partial charge in [0, 0.05) is 35.9 Å². The summed E-state index contributed by atoms with van der Waals surface area (Å²) in [6.07, 6.45) is -0.568. The highest BCUT2D eigenvalue weighted by molar-refractivity contribution is 7.89. The Bertz CT molecular complexity index is 1300. The Kier molecular flexibility index (Phi) is 8.99. The highest BCUT2D eigenvalue weighted by atomic mass is 32.2. The minimum absolute atomic E-state index is 0.286. The van der Waals surface area contributed by atoms with Gasteiger partial charge in [-0.15, -0.1) is 11.3 Å². The molecule has 0 unspecified atom stereocenters. The smallest absolute Gasteiger partial charge is 0.333 e. The van der Waals surface area contributed by atoms with Crippen molar-refractivity contribution in [1.29, 1.82) is 0 Å². The maximum atomic E-state index is 12.9. The molecular formula is C27H31NO7S2. The first kappa shape index (κ1) is 27.3. The second-order valence-corrected chi connectivity index (χ2v) is 11.8. The quantitative estimate of drug-likeness (QED) is 0.382. The van der Waals surface area contributed by atoms with Crippen molar-refractivity contribution >= 4 is 27.3 Å². The molecule has 37 heavy (non-hydrogen) atoms. The zero-order valence-corrected chi connectivity index (χ0v) is 22.5. The van der Waals surface area contributed by atoms with Crippen LogP contribution in [0, 0.1) is 6.92 Å². The number of thiophene rings is 1. The number of benzene rings is 2. The molecule has 1 aliphatic heterocycles. The SMILES string of the molecule is CCO[C@@H](Cc1ccc(OCc2sc(-c3ccc(S(=O)(=O)N4CCOCC4)cc3)cc2C)cc1)C(=O)O. The lowest BCUT2D eigenvalue weighted by molar-refractivity contribution is -0.149. The number of aliphatic carboxylic acids is 1. The van der Waals surface area contributed by atoms with Gasteiger partial charge in [-0.1, -0.05) is 24.3 Å². The van der Waals surface area contributed by atoms with E-state index in [0.717, 1.165) is 26.4 Å². The number of rotatable bonds is 11. The lowest BCUT2D eigenvalue weighted by atomic mass is 10.1. The largest absolute Gasteiger partial charge is 0.488 e. The number of carboxylic acids is 1. The number of sulfonamides is 1. The van der Waals surface area contributed by atoms with Crippen LogP contribution in [0.25, 0.3) is 10.4 Å². The molecule has 4 rings (SSSR count). The number of aryl methyl sites for hydroxylation is 1. The van der Waals surface area contributed by atoms with E-state index in [1.54, 1.807) is 30.4 Å². The van der Waals surface area contributed by atoms with Crippen LogP contribution in [0.3, 0.4) is 0 Å². The summed E-state index contributed by atoms with van der Waals surface area (Å²) in [5, 5.41) is 9.26. The van der Waals surface area contributed by atoms with Crippen molar-refractivity contribution in [3.63, 3.8) is 0 Å². The maximum Gasteiger partial charge on any atom is 0.333 e. The van der Waals surface area contributed by atoms with E-state index in [1.165, 1.54) is 4.31 Å². The van der Waals surface area contributed by atoms with Crippen LogP contribution in [0.1, 0.15) is 22.9 Å². The molecule has 0 radical (unpaired) electrons. The second-order valence-electron chi connectivity index (χ2n) is 8.68. The predicted molar refractivity (Wildman–Crippen MR) is 142 cm³/mol. The van der Waals surface area contributed by atoms with E-state index < -0.39 is 22.1 Å². The van der Waals surface area contributed by atoms with Crippen molar-refractivity contribution in [2.75, 3.05) is 32.9 Å². The molecule has 2 heterocycles. The molecule has 0 aliphatic carbocycles.